The molecule has 1 aliphatic rings. The highest BCUT2D eigenvalue weighted by Crippen LogP contribution is 2.27. The molecule has 5 heteroatoms. The standard InChI is InChI=1S/C16H22N4S/c1-21-14-9-7-13(8-10-14)17-11-15-16(19-20-18-15)12-5-3-2-4-6-12/h2-6,13-14,17H,7-11H2,1H3,(H,18,19,20). The molecule has 0 spiro atoms. The van der Waals surface area contributed by atoms with Crippen molar-refractivity contribution in [2.75, 3.05) is 6.26 Å². The van der Waals surface area contributed by atoms with E-state index in [0.29, 0.717) is 6.04 Å². The second-order valence-electron chi connectivity index (χ2n) is 5.58. The van der Waals surface area contributed by atoms with E-state index in [1.165, 1.54) is 25.7 Å². The van der Waals surface area contributed by atoms with Gasteiger partial charge in [0.25, 0.3) is 0 Å². The summed E-state index contributed by atoms with van der Waals surface area (Å²) >= 11 is 2.01. The van der Waals surface area contributed by atoms with Gasteiger partial charge in [0.15, 0.2) is 0 Å². The Morgan fingerprint density at radius 3 is 2.62 bits per heavy atom. The summed E-state index contributed by atoms with van der Waals surface area (Å²) in [5.41, 5.74) is 3.09. The Kier molecular flexibility index (Phi) is 4.93. The number of nitrogens with one attached hydrogen (secondary N) is 2. The molecule has 1 aromatic heterocycles. The van der Waals surface area contributed by atoms with Crippen molar-refractivity contribution in [3.63, 3.8) is 0 Å². The van der Waals surface area contributed by atoms with Crippen LogP contribution in [0.15, 0.2) is 30.3 Å². The number of aromatic nitrogens is 3. The number of nitrogens with zero attached hydrogens (tertiary/aromatic N) is 2. The molecule has 2 aromatic rings. The van der Waals surface area contributed by atoms with Crippen molar-refractivity contribution in [2.24, 2.45) is 0 Å². The van der Waals surface area contributed by atoms with E-state index in [-0.39, 0.29) is 0 Å². The van der Waals surface area contributed by atoms with Crippen LogP contribution in [-0.2, 0) is 6.54 Å². The summed E-state index contributed by atoms with van der Waals surface area (Å²) in [5.74, 6) is 0. The van der Waals surface area contributed by atoms with Crippen LogP contribution in [0.25, 0.3) is 11.3 Å². The summed E-state index contributed by atoms with van der Waals surface area (Å²) in [6.07, 6.45) is 7.40. The van der Waals surface area contributed by atoms with Crippen molar-refractivity contribution in [3.05, 3.63) is 36.0 Å². The lowest BCUT2D eigenvalue weighted by atomic mass is 9.95. The minimum Gasteiger partial charge on any atom is -0.308 e. The molecule has 112 valence electrons. The summed E-state index contributed by atoms with van der Waals surface area (Å²) < 4.78 is 0. The zero-order valence-electron chi connectivity index (χ0n) is 12.4. The van der Waals surface area contributed by atoms with E-state index in [4.69, 9.17) is 0 Å². The molecule has 0 bridgehead atoms. The van der Waals surface area contributed by atoms with Gasteiger partial charge < -0.3 is 5.32 Å². The first kappa shape index (κ1) is 14.6. The molecule has 0 atom stereocenters. The zero-order valence-corrected chi connectivity index (χ0v) is 13.2. The van der Waals surface area contributed by atoms with Gasteiger partial charge in [0.05, 0.1) is 0 Å². The SMILES string of the molecule is CSC1CCC(NCc2n[nH]nc2-c2ccccc2)CC1. The Morgan fingerprint density at radius 2 is 1.90 bits per heavy atom. The van der Waals surface area contributed by atoms with Gasteiger partial charge in [-0.2, -0.15) is 27.2 Å². The molecular weight excluding hydrogens is 280 g/mol. The Bertz CT molecular complexity index is 546. The van der Waals surface area contributed by atoms with Gasteiger partial charge in [-0.1, -0.05) is 30.3 Å². The highest BCUT2D eigenvalue weighted by atomic mass is 32.2. The van der Waals surface area contributed by atoms with Crippen molar-refractivity contribution >= 4 is 11.8 Å². The maximum absolute atomic E-state index is 4.31. The Labute approximate surface area is 130 Å². The van der Waals surface area contributed by atoms with Crippen LogP contribution in [0.1, 0.15) is 31.4 Å². The van der Waals surface area contributed by atoms with Crippen LogP contribution in [0, 0.1) is 0 Å². The first-order chi connectivity index (χ1) is 10.4. The fourth-order valence-electron chi connectivity index (χ4n) is 2.95. The van der Waals surface area contributed by atoms with E-state index in [1.54, 1.807) is 0 Å². The molecule has 1 aliphatic carbocycles. The first-order valence-electron chi connectivity index (χ1n) is 7.58. The third-order valence-corrected chi connectivity index (χ3v) is 5.37. The van der Waals surface area contributed by atoms with Crippen molar-refractivity contribution in [1.29, 1.82) is 0 Å². The first-order valence-corrected chi connectivity index (χ1v) is 8.87. The minimum absolute atomic E-state index is 0.619. The van der Waals surface area contributed by atoms with Gasteiger partial charge in [-0.25, -0.2) is 0 Å². The molecular formula is C16H22N4S. The van der Waals surface area contributed by atoms with E-state index < -0.39 is 0 Å². The molecule has 1 aromatic carbocycles. The third kappa shape index (κ3) is 3.66. The van der Waals surface area contributed by atoms with Gasteiger partial charge in [-0.3, -0.25) is 0 Å². The van der Waals surface area contributed by atoms with Crippen LogP contribution in [0.4, 0.5) is 0 Å². The summed E-state index contributed by atoms with van der Waals surface area (Å²) in [6, 6.07) is 10.9. The number of rotatable bonds is 5. The average molecular weight is 302 g/mol. The van der Waals surface area contributed by atoms with E-state index in [1.807, 2.05) is 30.0 Å². The zero-order chi connectivity index (χ0) is 14.5. The maximum Gasteiger partial charge on any atom is 0.117 e. The van der Waals surface area contributed by atoms with Crippen molar-refractivity contribution < 1.29 is 0 Å². The lowest BCUT2D eigenvalue weighted by Crippen LogP contribution is -2.33. The predicted molar refractivity (Wildman–Crippen MR) is 88.2 cm³/mol. The van der Waals surface area contributed by atoms with Crippen LogP contribution in [-0.4, -0.2) is 33.0 Å². The smallest absolute Gasteiger partial charge is 0.117 e. The number of hydrogen-bond donors (Lipinski definition) is 2. The monoisotopic (exact) mass is 302 g/mol. The molecule has 0 aliphatic heterocycles. The molecule has 1 fully saturated rings. The Hall–Kier alpha value is -1.33. The number of aromatic amines is 1. The van der Waals surface area contributed by atoms with E-state index in [0.717, 1.165) is 28.7 Å². The summed E-state index contributed by atoms with van der Waals surface area (Å²) in [6.45, 7) is 0.787. The molecule has 0 radical (unpaired) electrons. The Balaban J connectivity index is 1.58. The number of benzene rings is 1. The van der Waals surface area contributed by atoms with Gasteiger partial charge in [-0.15, -0.1) is 0 Å². The highest BCUT2D eigenvalue weighted by Gasteiger charge is 2.20. The molecule has 4 nitrogen and oxygen atoms in total. The fourth-order valence-corrected chi connectivity index (χ4v) is 3.69. The summed E-state index contributed by atoms with van der Waals surface area (Å²) in [5, 5.41) is 15.9. The van der Waals surface area contributed by atoms with Gasteiger partial charge in [0, 0.05) is 23.4 Å². The molecule has 2 N–H and O–H groups in total. The molecule has 21 heavy (non-hydrogen) atoms. The number of hydrogen-bond acceptors (Lipinski definition) is 4. The molecule has 0 amide bonds. The average Bonchev–Trinajstić information content (AvgIpc) is 3.03. The van der Waals surface area contributed by atoms with E-state index in [2.05, 4.69) is 39.1 Å². The lowest BCUT2D eigenvalue weighted by molar-refractivity contribution is 0.377. The quantitative estimate of drug-likeness (QED) is 0.890. The van der Waals surface area contributed by atoms with Crippen LogP contribution in [0.5, 0.6) is 0 Å². The lowest BCUT2D eigenvalue weighted by Gasteiger charge is -2.27. The van der Waals surface area contributed by atoms with Gasteiger partial charge in [0.2, 0.25) is 0 Å². The van der Waals surface area contributed by atoms with Crippen LogP contribution < -0.4 is 5.32 Å². The van der Waals surface area contributed by atoms with E-state index >= 15 is 0 Å². The van der Waals surface area contributed by atoms with Crippen LogP contribution >= 0.6 is 11.8 Å². The van der Waals surface area contributed by atoms with Gasteiger partial charge >= 0.3 is 0 Å². The summed E-state index contributed by atoms with van der Waals surface area (Å²) in [7, 11) is 0. The van der Waals surface area contributed by atoms with Gasteiger partial charge in [-0.05, 0) is 31.9 Å². The fraction of sp³-hybridized carbons (Fsp3) is 0.500. The normalized spacial score (nSPS) is 22.3. The molecule has 0 unspecified atom stereocenters. The van der Waals surface area contributed by atoms with Crippen molar-refractivity contribution in [2.45, 2.75) is 43.5 Å². The second-order valence-corrected chi connectivity index (χ2v) is 6.71. The predicted octanol–water partition coefficient (Wildman–Crippen LogP) is 3.24. The molecule has 1 heterocycles. The van der Waals surface area contributed by atoms with Crippen LogP contribution in [0.3, 0.4) is 0 Å². The summed E-state index contributed by atoms with van der Waals surface area (Å²) in [4.78, 5) is 0. The third-order valence-electron chi connectivity index (χ3n) is 4.23. The topological polar surface area (TPSA) is 53.6 Å². The molecule has 1 saturated carbocycles. The molecule has 0 saturated heterocycles. The highest BCUT2D eigenvalue weighted by molar-refractivity contribution is 7.99. The largest absolute Gasteiger partial charge is 0.308 e. The van der Waals surface area contributed by atoms with Crippen LogP contribution in [0.2, 0.25) is 0 Å². The van der Waals surface area contributed by atoms with E-state index in [9.17, 15) is 0 Å². The van der Waals surface area contributed by atoms with Crippen molar-refractivity contribution in [3.8, 4) is 11.3 Å². The van der Waals surface area contributed by atoms with Gasteiger partial charge in [0.1, 0.15) is 11.4 Å². The minimum atomic E-state index is 0.619. The number of H-pyrrole nitrogens is 1. The number of thioether (sulfide) groups is 1. The van der Waals surface area contributed by atoms with Crippen molar-refractivity contribution in [1.82, 2.24) is 20.7 Å². The maximum atomic E-state index is 4.31. The second kappa shape index (κ2) is 7.09. The molecule has 3 rings (SSSR count). The Morgan fingerprint density at radius 1 is 1.14 bits per heavy atom.